The van der Waals surface area contributed by atoms with Crippen LogP contribution < -0.4 is 4.90 Å². The summed E-state index contributed by atoms with van der Waals surface area (Å²) in [5.41, 5.74) is 5.10. The lowest BCUT2D eigenvalue weighted by molar-refractivity contribution is -0.120. The fourth-order valence-electron chi connectivity index (χ4n) is 4.57. The Morgan fingerprint density at radius 2 is 1.62 bits per heavy atom. The van der Waals surface area contributed by atoms with Crippen LogP contribution in [-0.2, 0) is 9.59 Å². The molecule has 0 aromatic heterocycles. The largest absolute Gasteiger partial charge is 0.395 e. The maximum Gasteiger partial charge on any atom is 0.282 e. The number of carbonyl (C=O) groups excluding carboxylic acids is 2. The number of carbonyl (C=O) groups is 2. The molecule has 2 heterocycles. The van der Waals surface area contributed by atoms with Crippen LogP contribution in [0.4, 0.5) is 5.69 Å². The molecule has 0 saturated carbocycles. The van der Waals surface area contributed by atoms with Gasteiger partial charge in [-0.15, -0.1) is 0 Å². The minimum atomic E-state index is -0.305. The molecule has 1 N–H and O–H groups in total. The zero-order chi connectivity index (χ0) is 23.0. The van der Waals surface area contributed by atoms with Crippen molar-refractivity contribution in [3.8, 4) is 0 Å². The minimum Gasteiger partial charge on any atom is -0.395 e. The van der Waals surface area contributed by atoms with Gasteiger partial charge in [0.2, 0.25) is 0 Å². The molecule has 32 heavy (non-hydrogen) atoms. The third kappa shape index (κ3) is 4.06. The van der Waals surface area contributed by atoms with Crippen molar-refractivity contribution in [3.05, 3.63) is 69.4 Å². The van der Waals surface area contributed by atoms with Crippen molar-refractivity contribution >= 4 is 34.7 Å². The molecule has 2 amide bonds. The van der Waals surface area contributed by atoms with E-state index in [1.54, 1.807) is 18.2 Å². The number of anilines is 1. The molecule has 4 rings (SSSR count). The van der Waals surface area contributed by atoms with Gasteiger partial charge in [0, 0.05) is 37.7 Å². The van der Waals surface area contributed by atoms with Crippen LogP contribution in [0.3, 0.4) is 0 Å². The first-order chi connectivity index (χ1) is 15.3. The van der Waals surface area contributed by atoms with Gasteiger partial charge in [0.1, 0.15) is 5.70 Å². The van der Waals surface area contributed by atoms with E-state index in [4.69, 9.17) is 11.6 Å². The first-order valence-electron chi connectivity index (χ1n) is 10.9. The number of hydrogen-bond donors (Lipinski definition) is 1. The molecule has 0 radical (unpaired) electrons. The lowest BCUT2D eigenvalue weighted by atomic mass is 9.97. The zero-order valence-electron chi connectivity index (χ0n) is 18.7. The van der Waals surface area contributed by atoms with Gasteiger partial charge in [-0.3, -0.25) is 14.5 Å². The van der Waals surface area contributed by atoms with Gasteiger partial charge in [-0.05, 0) is 55.7 Å². The van der Waals surface area contributed by atoms with Crippen LogP contribution in [0.5, 0.6) is 0 Å². The van der Waals surface area contributed by atoms with Crippen molar-refractivity contribution in [2.75, 3.05) is 44.2 Å². The average Bonchev–Trinajstić information content (AvgIpc) is 2.99. The highest BCUT2D eigenvalue weighted by atomic mass is 35.5. The van der Waals surface area contributed by atoms with E-state index in [0.29, 0.717) is 41.6 Å². The SMILES string of the molecule is Cc1ccc(C2=C(N3CCN(CCO)CC3)C(=O)N(c3ccc(Cl)cc3C)C2=O)c(C)c1. The summed E-state index contributed by atoms with van der Waals surface area (Å²) in [6.45, 7) is 9.25. The van der Waals surface area contributed by atoms with Crippen molar-refractivity contribution in [2.24, 2.45) is 0 Å². The number of halogens is 1. The van der Waals surface area contributed by atoms with E-state index in [1.807, 2.05) is 43.9 Å². The first-order valence-corrected chi connectivity index (χ1v) is 11.2. The predicted octanol–water partition coefficient (Wildman–Crippen LogP) is 3.16. The van der Waals surface area contributed by atoms with E-state index in [0.717, 1.165) is 35.3 Å². The Labute approximate surface area is 193 Å². The summed E-state index contributed by atoms with van der Waals surface area (Å²) in [5.74, 6) is -0.605. The number of amides is 2. The lowest BCUT2D eigenvalue weighted by Crippen LogP contribution is -2.48. The van der Waals surface area contributed by atoms with Crippen molar-refractivity contribution in [1.29, 1.82) is 0 Å². The number of imide groups is 1. The summed E-state index contributed by atoms with van der Waals surface area (Å²) in [6, 6.07) is 11.1. The molecular weight excluding hydrogens is 426 g/mol. The van der Waals surface area contributed by atoms with Gasteiger partial charge in [0.25, 0.3) is 11.8 Å². The van der Waals surface area contributed by atoms with Crippen LogP contribution in [-0.4, -0.2) is 66.1 Å². The summed E-state index contributed by atoms with van der Waals surface area (Å²) in [5, 5.41) is 9.81. The molecule has 2 aromatic carbocycles. The van der Waals surface area contributed by atoms with Crippen LogP contribution in [0.2, 0.25) is 5.02 Å². The molecule has 0 aliphatic carbocycles. The second-order valence-electron chi connectivity index (χ2n) is 8.47. The third-order valence-corrected chi connectivity index (χ3v) is 6.45. The highest BCUT2D eigenvalue weighted by molar-refractivity contribution is 6.45. The monoisotopic (exact) mass is 453 g/mol. The van der Waals surface area contributed by atoms with Gasteiger partial charge in [0.05, 0.1) is 17.9 Å². The van der Waals surface area contributed by atoms with Crippen molar-refractivity contribution in [1.82, 2.24) is 9.80 Å². The Hall–Kier alpha value is -2.67. The molecule has 1 fully saturated rings. The number of aliphatic hydroxyl groups excluding tert-OH is 1. The molecule has 0 atom stereocenters. The minimum absolute atomic E-state index is 0.109. The molecule has 2 aromatic rings. The topological polar surface area (TPSA) is 64.1 Å². The van der Waals surface area contributed by atoms with Gasteiger partial charge in [-0.2, -0.15) is 0 Å². The van der Waals surface area contributed by atoms with Crippen LogP contribution in [0.25, 0.3) is 5.57 Å². The number of β-amino-alcohol motifs (C(OH)–C–C–N with tert-alkyl or cyclic N) is 1. The number of benzene rings is 2. The molecule has 0 spiro atoms. The Morgan fingerprint density at radius 3 is 2.25 bits per heavy atom. The van der Waals surface area contributed by atoms with Crippen LogP contribution in [0.1, 0.15) is 22.3 Å². The average molecular weight is 454 g/mol. The highest BCUT2D eigenvalue weighted by Crippen LogP contribution is 2.38. The van der Waals surface area contributed by atoms with E-state index >= 15 is 0 Å². The number of hydrogen-bond acceptors (Lipinski definition) is 5. The van der Waals surface area contributed by atoms with Gasteiger partial charge >= 0.3 is 0 Å². The first kappa shape index (κ1) is 22.5. The van der Waals surface area contributed by atoms with Gasteiger partial charge in [-0.1, -0.05) is 35.4 Å². The fourth-order valence-corrected chi connectivity index (χ4v) is 4.80. The van der Waals surface area contributed by atoms with E-state index in [-0.39, 0.29) is 18.4 Å². The molecule has 168 valence electrons. The Balaban J connectivity index is 1.79. The molecular formula is C25H28ClN3O3. The Morgan fingerprint density at radius 1 is 0.906 bits per heavy atom. The fraction of sp³-hybridized carbons (Fsp3) is 0.360. The second-order valence-corrected chi connectivity index (χ2v) is 8.91. The van der Waals surface area contributed by atoms with E-state index in [9.17, 15) is 14.7 Å². The smallest absolute Gasteiger partial charge is 0.282 e. The number of piperazine rings is 1. The summed E-state index contributed by atoms with van der Waals surface area (Å²) in [7, 11) is 0. The predicted molar refractivity (Wildman–Crippen MR) is 127 cm³/mol. The van der Waals surface area contributed by atoms with E-state index < -0.39 is 0 Å². The van der Waals surface area contributed by atoms with Gasteiger partial charge < -0.3 is 10.0 Å². The standard InChI is InChI=1S/C25H28ClN3O3/c1-16-4-6-20(17(2)14-16)22-23(28-10-8-27(9-11-28)12-13-30)25(32)29(24(22)31)21-7-5-19(26)15-18(21)3/h4-7,14-15,30H,8-13H2,1-3H3. The Bertz CT molecular complexity index is 1100. The van der Waals surface area contributed by atoms with Crippen LogP contribution >= 0.6 is 11.6 Å². The number of rotatable bonds is 5. The normalized spacial score (nSPS) is 17.7. The van der Waals surface area contributed by atoms with Gasteiger partial charge in [0.15, 0.2) is 0 Å². The van der Waals surface area contributed by atoms with Crippen molar-refractivity contribution < 1.29 is 14.7 Å². The Kier molecular flexibility index (Phi) is 6.38. The molecule has 0 unspecified atom stereocenters. The molecule has 0 bridgehead atoms. The highest BCUT2D eigenvalue weighted by Gasteiger charge is 2.43. The van der Waals surface area contributed by atoms with E-state index in [2.05, 4.69) is 4.90 Å². The lowest BCUT2D eigenvalue weighted by Gasteiger charge is -2.36. The van der Waals surface area contributed by atoms with Crippen molar-refractivity contribution in [3.63, 3.8) is 0 Å². The van der Waals surface area contributed by atoms with E-state index in [1.165, 1.54) is 4.90 Å². The number of nitrogens with zero attached hydrogens (tertiary/aromatic N) is 3. The summed E-state index contributed by atoms with van der Waals surface area (Å²) >= 11 is 6.12. The molecule has 1 saturated heterocycles. The molecule has 7 heteroatoms. The molecule has 2 aliphatic rings. The number of aliphatic hydroxyl groups is 1. The van der Waals surface area contributed by atoms with Crippen molar-refractivity contribution in [2.45, 2.75) is 20.8 Å². The third-order valence-electron chi connectivity index (χ3n) is 6.22. The second kappa shape index (κ2) is 9.06. The van der Waals surface area contributed by atoms with Crippen LogP contribution in [0.15, 0.2) is 42.1 Å². The summed E-state index contributed by atoms with van der Waals surface area (Å²) < 4.78 is 0. The molecule has 6 nitrogen and oxygen atoms in total. The van der Waals surface area contributed by atoms with Crippen LogP contribution in [0, 0.1) is 20.8 Å². The maximum atomic E-state index is 13.8. The van der Waals surface area contributed by atoms with Gasteiger partial charge in [-0.25, -0.2) is 4.90 Å². The quantitative estimate of drug-likeness (QED) is 0.704. The zero-order valence-corrected chi connectivity index (χ0v) is 19.4. The maximum absolute atomic E-state index is 13.8. The number of aryl methyl sites for hydroxylation is 3. The summed E-state index contributed by atoms with van der Waals surface area (Å²) in [6.07, 6.45) is 0. The molecule has 2 aliphatic heterocycles. The summed E-state index contributed by atoms with van der Waals surface area (Å²) in [4.78, 5) is 33.0.